The summed E-state index contributed by atoms with van der Waals surface area (Å²) in [5, 5.41) is 0. The number of nitrogens with zero attached hydrogens (tertiary/aromatic N) is 2. The number of carbonyl (C=O) groups is 2. The molecule has 1 saturated heterocycles. The molecule has 0 saturated carbocycles. The second-order valence-corrected chi connectivity index (χ2v) is 7.55. The molecule has 0 aromatic heterocycles. The van der Waals surface area contributed by atoms with E-state index in [4.69, 9.17) is 5.73 Å². The standard InChI is InChI=1S/C19H24N3O.C3H7NO/c1-21(17-8-4-2-5-9-17)12-14-22(15-13-21,16-19(20)23)18-10-6-3-7-11-18;1-2-3(4)5/h2-11H,12-16H2,1H3,(H-,20,23);2H2,1H3,(H2,4,5)/q+1;/p+1. The molecule has 2 aromatic rings. The molecule has 28 heavy (non-hydrogen) atoms. The van der Waals surface area contributed by atoms with Crippen LogP contribution in [0.4, 0.5) is 11.4 Å². The van der Waals surface area contributed by atoms with Gasteiger partial charge in [-0.3, -0.25) is 18.6 Å². The second-order valence-electron chi connectivity index (χ2n) is 7.55. The first-order valence-corrected chi connectivity index (χ1v) is 9.70. The van der Waals surface area contributed by atoms with Crippen LogP contribution in [0.5, 0.6) is 0 Å². The number of quaternary nitrogens is 2. The first kappa shape index (κ1) is 21.6. The van der Waals surface area contributed by atoms with Gasteiger partial charge < -0.3 is 11.5 Å². The summed E-state index contributed by atoms with van der Waals surface area (Å²) in [7, 11) is 2.28. The van der Waals surface area contributed by atoms with Crippen molar-refractivity contribution in [3.05, 3.63) is 60.7 Å². The Morgan fingerprint density at radius 3 is 1.61 bits per heavy atom. The van der Waals surface area contributed by atoms with Crippen molar-refractivity contribution < 1.29 is 9.59 Å². The van der Waals surface area contributed by atoms with Gasteiger partial charge in [0.05, 0.1) is 7.05 Å². The van der Waals surface area contributed by atoms with Gasteiger partial charge in [-0.05, 0) is 24.3 Å². The van der Waals surface area contributed by atoms with Gasteiger partial charge >= 0.3 is 0 Å². The largest absolute Gasteiger partial charge is 0.370 e. The van der Waals surface area contributed by atoms with Gasteiger partial charge in [0.2, 0.25) is 5.91 Å². The number of nitrogens with two attached hydrogens (primary N) is 2. The van der Waals surface area contributed by atoms with E-state index in [1.807, 2.05) is 18.2 Å². The molecule has 6 nitrogen and oxygen atoms in total. The van der Waals surface area contributed by atoms with E-state index in [2.05, 4.69) is 55.2 Å². The van der Waals surface area contributed by atoms with Crippen LogP contribution in [0.15, 0.2) is 60.7 Å². The molecule has 0 radical (unpaired) electrons. The molecule has 1 heterocycles. The predicted molar refractivity (Wildman–Crippen MR) is 115 cm³/mol. The van der Waals surface area contributed by atoms with E-state index in [0.29, 0.717) is 17.4 Å². The predicted octanol–water partition coefficient (Wildman–Crippen LogP) is 2.01. The summed E-state index contributed by atoms with van der Waals surface area (Å²) in [6, 6.07) is 20.9. The first-order chi connectivity index (χ1) is 13.3. The van der Waals surface area contributed by atoms with E-state index in [-0.39, 0.29) is 11.8 Å². The minimum atomic E-state index is -0.245. The summed E-state index contributed by atoms with van der Waals surface area (Å²) >= 11 is 0. The van der Waals surface area contributed by atoms with Crippen molar-refractivity contribution in [1.29, 1.82) is 0 Å². The van der Waals surface area contributed by atoms with Crippen LogP contribution in [-0.2, 0) is 9.59 Å². The van der Waals surface area contributed by atoms with Gasteiger partial charge in [-0.15, -0.1) is 0 Å². The molecule has 0 spiro atoms. The minimum absolute atomic E-state index is 0.232. The monoisotopic (exact) mass is 384 g/mol. The highest BCUT2D eigenvalue weighted by Crippen LogP contribution is 2.30. The Hall–Kier alpha value is -2.70. The van der Waals surface area contributed by atoms with Gasteiger partial charge in [-0.25, -0.2) is 0 Å². The Balaban J connectivity index is 0.000000500. The van der Waals surface area contributed by atoms with Crippen LogP contribution in [0.25, 0.3) is 0 Å². The van der Waals surface area contributed by atoms with Crippen LogP contribution in [0.2, 0.25) is 0 Å². The number of amides is 2. The Bertz CT molecular complexity index is 770. The number of hydrogen-bond acceptors (Lipinski definition) is 2. The van der Waals surface area contributed by atoms with Crippen LogP contribution in [0.1, 0.15) is 13.3 Å². The van der Waals surface area contributed by atoms with Crippen molar-refractivity contribution in [2.24, 2.45) is 11.5 Å². The van der Waals surface area contributed by atoms with Crippen LogP contribution >= 0.6 is 0 Å². The Morgan fingerprint density at radius 2 is 1.21 bits per heavy atom. The van der Waals surface area contributed by atoms with Crippen LogP contribution in [-0.4, -0.2) is 51.6 Å². The van der Waals surface area contributed by atoms with E-state index in [0.717, 1.165) is 30.7 Å². The molecular formula is C22H32N4O2+2. The number of piperazine rings is 1. The lowest BCUT2D eigenvalue weighted by molar-refractivity contribution is -0.119. The van der Waals surface area contributed by atoms with Crippen LogP contribution in [0, 0.1) is 0 Å². The summed E-state index contributed by atoms with van der Waals surface area (Å²) in [4.78, 5) is 21.3. The van der Waals surface area contributed by atoms with Gasteiger partial charge in [0.1, 0.15) is 37.6 Å². The molecule has 0 unspecified atom stereocenters. The molecular weight excluding hydrogens is 352 g/mol. The van der Waals surface area contributed by atoms with Gasteiger partial charge in [0.15, 0.2) is 6.54 Å². The SMILES string of the molecule is CCC(N)=O.C[N+]1(c2ccccc2)CC[N+](CC(N)=O)(c2ccccc2)CC1. The zero-order valence-corrected chi connectivity index (χ0v) is 16.9. The first-order valence-electron chi connectivity index (χ1n) is 9.70. The Kier molecular flexibility index (Phi) is 7.31. The third-order valence-corrected chi connectivity index (χ3v) is 5.53. The minimum Gasteiger partial charge on any atom is -0.370 e. The number of likely N-dealkylation sites (N-methyl/N-ethyl adjacent to an activating group) is 1. The van der Waals surface area contributed by atoms with Crippen molar-refractivity contribution in [3.8, 4) is 0 Å². The van der Waals surface area contributed by atoms with Crippen molar-refractivity contribution in [2.45, 2.75) is 13.3 Å². The number of hydrogen-bond donors (Lipinski definition) is 2. The molecule has 6 heteroatoms. The highest BCUT2D eigenvalue weighted by Gasteiger charge is 2.43. The van der Waals surface area contributed by atoms with E-state index in [1.54, 1.807) is 6.92 Å². The Labute approximate surface area is 167 Å². The maximum Gasteiger partial charge on any atom is 0.273 e. The third-order valence-electron chi connectivity index (χ3n) is 5.53. The van der Waals surface area contributed by atoms with E-state index in [9.17, 15) is 9.59 Å². The van der Waals surface area contributed by atoms with Gasteiger partial charge in [-0.2, -0.15) is 0 Å². The summed E-state index contributed by atoms with van der Waals surface area (Å²) in [5.41, 5.74) is 12.7. The number of para-hydroxylation sites is 2. The quantitative estimate of drug-likeness (QED) is 0.773. The normalized spacial score (nSPS) is 23.9. The van der Waals surface area contributed by atoms with E-state index in [1.165, 1.54) is 11.4 Å². The molecule has 1 fully saturated rings. The molecule has 4 N–H and O–H groups in total. The lowest BCUT2D eigenvalue weighted by Gasteiger charge is -2.47. The number of benzene rings is 2. The summed E-state index contributed by atoms with van der Waals surface area (Å²) in [6.07, 6.45) is 0.444. The summed E-state index contributed by atoms with van der Waals surface area (Å²) in [5.74, 6) is -0.477. The average Bonchev–Trinajstić information content (AvgIpc) is 2.71. The maximum atomic E-state index is 11.7. The fourth-order valence-electron chi connectivity index (χ4n) is 3.64. The van der Waals surface area contributed by atoms with Crippen molar-refractivity contribution in [3.63, 3.8) is 0 Å². The highest BCUT2D eigenvalue weighted by atomic mass is 16.1. The Morgan fingerprint density at radius 1 is 0.786 bits per heavy atom. The van der Waals surface area contributed by atoms with Gasteiger partial charge in [0.25, 0.3) is 5.91 Å². The molecule has 3 rings (SSSR count). The molecule has 2 amide bonds. The summed E-state index contributed by atoms with van der Waals surface area (Å²) < 4.78 is 1.57. The number of carbonyl (C=O) groups excluding carboxylic acids is 2. The zero-order valence-electron chi connectivity index (χ0n) is 16.9. The molecule has 0 bridgehead atoms. The van der Waals surface area contributed by atoms with E-state index >= 15 is 0 Å². The maximum absolute atomic E-state index is 11.7. The smallest absolute Gasteiger partial charge is 0.273 e. The number of primary amides is 2. The van der Waals surface area contributed by atoms with Gasteiger partial charge in [-0.1, -0.05) is 43.3 Å². The molecule has 1 aliphatic heterocycles. The van der Waals surface area contributed by atoms with Crippen molar-refractivity contribution in [1.82, 2.24) is 8.97 Å². The van der Waals surface area contributed by atoms with Gasteiger partial charge in [0, 0.05) is 6.42 Å². The fraction of sp³-hybridized carbons (Fsp3) is 0.364. The average molecular weight is 385 g/mol. The molecule has 0 aliphatic carbocycles. The topological polar surface area (TPSA) is 86.2 Å². The van der Waals surface area contributed by atoms with Crippen molar-refractivity contribution in [2.75, 3.05) is 39.8 Å². The molecule has 1 aliphatic rings. The third kappa shape index (κ3) is 5.41. The fourth-order valence-corrected chi connectivity index (χ4v) is 3.64. The van der Waals surface area contributed by atoms with Crippen molar-refractivity contribution >= 4 is 23.2 Å². The molecule has 150 valence electrons. The zero-order chi connectivity index (χ0) is 20.6. The highest BCUT2D eigenvalue weighted by molar-refractivity contribution is 5.78. The lowest BCUT2D eigenvalue weighted by atomic mass is 10.1. The summed E-state index contributed by atoms with van der Waals surface area (Å²) in [6.45, 7) is 5.91. The molecule has 0 atom stereocenters. The second kappa shape index (κ2) is 9.48. The molecule has 2 aromatic carbocycles. The van der Waals surface area contributed by atoms with Crippen LogP contribution in [0.3, 0.4) is 0 Å². The van der Waals surface area contributed by atoms with Crippen LogP contribution < -0.4 is 20.4 Å². The number of rotatable bonds is 5. The lowest BCUT2D eigenvalue weighted by Crippen LogP contribution is -2.68. The van der Waals surface area contributed by atoms with E-state index < -0.39 is 0 Å².